The Balaban J connectivity index is 1.20. The average molecular weight is 414 g/mol. The third-order valence-electron chi connectivity index (χ3n) is 7.95. The Kier molecular flexibility index (Phi) is 4.45. The number of nitrogens with zero attached hydrogens (tertiary/aromatic N) is 2. The van der Waals surface area contributed by atoms with Gasteiger partial charge in [0.15, 0.2) is 0 Å². The molecule has 4 aliphatic carbocycles. The van der Waals surface area contributed by atoms with Crippen LogP contribution >= 0.6 is 0 Å². The Morgan fingerprint density at radius 3 is 2.32 bits per heavy atom. The van der Waals surface area contributed by atoms with E-state index in [1.54, 1.807) is 0 Å². The third-order valence-corrected chi connectivity index (χ3v) is 7.95. The molecule has 0 saturated heterocycles. The predicted octanol–water partition coefficient (Wildman–Crippen LogP) is 6.14. The quantitative estimate of drug-likeness (QED) is 0.547. The Bertz CT molecular complexity index is 1060. The zero-order chi connectivity index (χ0) is 21.0. The van der Waals surface area contributed by atoms with Gasteiger partial charge in [0, 0.05) is 17.2 Å². The number of aromatic amines is 1. The lowest BCUT2D eigenvalue weighted by atomic mass is 9.49. The smallest absolute Gasteiger partial charge is 0.130 e. The molecule has 31 heavy (non-hydrogen) atoms. The standard InChI is InChI=1S/C27H31N3O/c1-17-3-5-23(28-14-17)16-31-25-6-4-22(7-18(25)2)24-15-29-26(30-24)27-11-19-8-20(12-27)10-21(9-19)13-27/h3-7,14-15,19-21H,8-13,16H2,1-2H3,(H,29,30). The van der Waals surface area contributed by atoms with E-state index in [1.165, 1.54) is 49.9 Å². The highest BCUT2D eigenvalue weighted by Gasteiger charge is 2.52. The number of ether oxygens (including phenoxy) is 1. The van der Waals surface area contributed by atoms with Crippen LogP contribution in [0.1, 0.15) is 61.2 Å². The second kappa shape index (κ2) is 7.22. The topological polar surface area (TPSA) is 50.8 Å². The van der Waals surface area contributed by atoms with Crippen molar-refractivity contribution in [2.24, 2.45) is 17.8 Å². The zero-order valence-electron chi connectivity index (χ0n) is 18.5. The first-order valence-corrected chi connectivity index (χ1v) is 11.8. The molecular weight excluding hydrogens is 382 g/mol. The Hall–Kier alpha value is -2.62. The molecule has 1 aromatic carbocycles. The first kappa shape index (κ1) is 19.1. The van der Waals surface area contributed by atoms with Crippen LogP contribution in [0.3, 0.4) is 0 Å². The second-order valence-corrected chi connectivity index (χ2v) is 10.4. The minimum Gasteiger partial charge on any atom is -0.487 e. The van der Waals surface area contributed by atoms with Gasteiger partial charge < -0.3 is 9.72 Å². The summed E-state index contributed by atoms with van der Waals surface area (Å²) in [7, 11) is 0. The van der Waals surface area contributed by atoms with Gasteiger partial charge in [-0.3, -0.25) is 4.98 Å². The molecule has 0 unspecified atom stereocenters. The van der Waals surface area contributed by atoms with E-state index >= 15 is 0 Å². The van der Waals surface area contributed by atoms with Gasteiger partial charge >= 0.3 is 0 Å². The molecule has 0 amide bonds. The van der Waals surface area contributed by atoms with Gasteiger partial charge in [-0.15, -0.1) is 0 Å². The number of hydrogen-bond acceptors (Lipinski definition) is 3. The van der Waals surface area contributed by atoms with E-state index in [0.717, 1.165) is 46.0 Å². The molecule has 7 rings (SSSR count). The highest BCUT2D eigenvalue weighted by molar-refractivity contribution is 5.61. The van der Waals surface area contributed by atoms with Crippen LogP contribution in [-0.4, -0.2) is 15.0 Å². The largest absolute Gasteiger partial charge is 0.487 e. The SMILES string of the molecule is Cc1ccc(COc2ccc(-c3cnc(C45CC6CC(CC(C6)C4)C5)[nH]3)cc2C)nc1. The average Bonchev–Trinajstić information content (AvgIpc) is 3.24. The first-order valence-electron chi connectivity index (χ1n) is 11.8. The van der Waals surface area contributed by atoms with Gasteiger partial charge in [0.25, 0.3) is 0 Å². The summed E-state index contributed by atoms with van der Waals surface area (Å²) in [5.41, 5.74) is 5.86. The predicted molar refractivity (Wildman–Crippen MR) is 122 cm³/mol. The van der Waals surface area contributed by atoms with Gasteiger partial charge in [-0.2, -0.15) is 0 Å². The van der Waals surface area contributed by atoms with Gasteiger partial charge in [0.05, 0.1) is 17.6 Å². The van der Waals surface area contributed by atoms with Crippen LogP contribution in [0.25, 0.3) is 11.3 Å². The fourth-order valence-electron chi connectivity index (χ4n) is 6.85. The first-order chi connectivity index (χ1) is 15.1. The molecule has 0 aliphatic heterocycles. The molecule has 4 aliphatic rings. The number of hydrogen-bond donors (Lipinski definition) is 1. The van der Waals surface area contributed by atoms with E-state index in [9.17, 15) is 0 Å². The minimum atomic E-state index is 0.312. The zero-order valence-corrected chi connectivity index (χ0v) is 18.5. The van der Waals surface area contributed by atoms with Crippen molar-refractivity contribution in [1.82, 2.24) is 15.0 Å². The van der Waals surface area contributed by atoms with E-state index in [0.29, 0.717) is 12.0 Å². The molecule has 4 heteroatoms. The molecule has 0 radical (unpaired) electrons. The van der Waals surface area contributed by atoms with Crippen molar-refractivity contribution in [2.75, 3.05) is 0 Å². The van der Waals surface area contributed by atoms with Crippen molar-refractivity contribution in [3.05, 3.63) is 65.4 Å². The van der Waals surface area contributed by atoms with Crippen LogP contribution in [0.15, 0.2) is 42.7 Å². The summed E-state index contributed by atoms with van der Waals surface area (Å²) in [5.74, 6) is 4.95. The van der Waals surface area contributed by atoms with Crippen LogP contribution in [0.4, 0.5) is 0 Å². The van der Waals surface area contributed by atoms with E-state index in [-0.39, 0.29) is 0 Å². The van der Waals surface area contributed by atoms with Crippen molar-refractivity contribution < 1.29 is 4.74 Å². The number of pyridine rings is 1. The molecule has 160 valence electrons. The summed E-state index contributed by atoms with van der Waals surface area (Å²) in [6.45, 7) is 4.64. The van der Waals surface area contributed by atoms with E-state index in [1.807, 2.05) is 25.4 Å². The highest BCUT2D eigenvalue weighted by atomic mass is 16.5. The molecule has 0 atom stereocenters. The summed E-state index contributed by atoms with van der Waals surface area (Å²) in [6, 6.07) is 10.5. The van der Waals surface area contributed by atoms with Crippen LogP contribution in [0, 0.1) is 31.6 Å². The van der Waals surface area contributed by atoms with E-state index in [2.05, 4.69) is 41.2 Å². The molecule has 3 aromatic rings. The monoisotopic (exact) mass is 413 g/mol. The van der Waals surface area contributed by atoms with Crippen LogP contribution < -0.4 is 4.74 Å². The Morgan fingerprint density at radius 1 is 0.935 bits per heavy atom. The summed E-state index contributed by atoms with van der Waals surface area (Å²) in [6.07, 6.45) is 12.3. The van der Waals surface area contributed by atoms with E-state index < -0.39 is 0 Å². The summed E-state index contributed by atoms with van der Waals surface area (Å²) in [5, 5.41) is 0. The van der Waals surface area contributed by atoms with Gasteiger partial charge in [0.2, 0.25) is 0 Å². The molecule has 4 bridgehead atoms. The molecule has 4 fully saturated rings. The maximum absolute atomic E-state index is 6.04. The van der Waals surface area contributed by atoms with Gasteiger partial charge in [-0.1, -0.05) is 6.07 Å². The number of aromatic nitrogens is 3. The Labute approximate surface area is 184 Å². The number of aryl methyl sites for hydroxylation is 2. The van der Waals surface area contributed by atoms with Crippen molar-refractivity contribution >= 4 is 0 Å². The maximum Gasteiger partial charge on any atom is 0.130 e. The summed E-state index contributed by atoms with van der Waals surface area (Å²) < 4.78 is 6.04. The lowest BCUT2D eigenvalue weighted by Crippen LogP contribution is -2.49. The van der Waals surface area contributed by atoms with Crippen molar-refractivity contribution in [1.29, 1.82) is 0 Å². The third kappa shape index (κ3) is 3.46. The number of nitrogens with one attached hydrogen (secondary N) is 1. The van der Waals surface area contributed by atoms with Gasteiger partial charge in [0.1, 0.15) is 18.2 Å². The lowest BCUT2D eigenvalue weighted by Gasteiger charge is -2.56. The Morgan fingerprint density at radius 2 is 1.68 bits per heavy atom. The maximum atomic E-state index is 6.04. The molecule has 4 saturated carbocycles. The molecular formula is C27H31N3O. The number of H-pyrrole nitrogens is 1. The minimum absolute atomic E-state index is 0.312. The fourth-order valence-corrected chi connectivity index (χ4v) is 6.85. The molecule has 1 N–H and O–H groups in total. The lowest BCUT2D eigenvalue weighted by molar-refractivity contribution is -0.00898. The summed E-state index contributed by atoms with van der Waals surface area (Å²) >= 11 is 0. The highest BCUT2D eigenvalue weighted by Crippen LogP contribution is 2.60. The van der Waals surface area contributed by atoms with Crippen LogP contribution in [0.5, 0.6) is 5.75 Å². The van der Waals surface area contributed by atoms with Crippen LogP contribution in [-0.2, 0) is 12.0 Å². The number of benzene rings is 1. The molecule has 2 aromatic heterocycles. The number of rotatable bonds is 5. The van der Waals surface area contributed by atoms with Crippen molar-refractivity contribution in [2.45, 2.75) is 64.4 Å². The fraction of sp³-hybridized carbons (Fsp3) is 0.481. The van der Waals surface area contributed by atoms with Crippen molar-refractivity contribution in [3.63, 3.8) is 0 Å². The normalized spacial score (nSPS) is 28.8. The molecule has 4 nitrogen and oxygen atoms in total. The van der Waals surface area contributed by atoms with Gasteiger partial charge in [-0.05, 0) is 106 Å². The van der Waals surface area contributed by atoms with Crippen LogP contribution in [0.2, 0.25) is 0 Å². The molecule has 0 spiro atoms. The molecule has 2 heterocycles. The second-order valence-electron chi connectivity index (χ2n) is 10.4. The van der Waals surface area contributed by atoms with Crippen molar-refractivity contribution in [3.8, 4) is 17.0 Å². The van der Waals surface area contributed by atoms with Gasteiger partial charge in [-0.25, -0.2) is 4.98 Å². The van der Waals surface area contributed by atoms with E-state index in [4.69, 9.17) is 9.72 Å². The number of imidazole rings is 1. The summed E-state index contributed by atoms with van der Waals surface area (Å²) in [4.78, 5) is 13.1.